The Labute approximate surface area is 124 Å². The second kappa shape index (κ2) is 5.13. The van der Waals surface area contributed by atoms with Gasteiger partial charge in [-0.2, -0.15) is 0 Å². The van der Waals surface area contributed by atoms with Crippen LogP contribution in [0.4, 0.5) is 5.69 Å². The van der Waals surface area contributed by atoms with Gasteiger partial charge in [0.15, 0.2) is 11.5 Å². The zero-order valence-corrected chi connectivity index (χ0v) is 12.3. The summed E-state index contributed by atoms with van der Waals surface area (Å²) >= 11 is 3.29. The second-order valence-corrected chi connectivity index (χ2v) is 5.18. The van der Waals surface area contributed by atoms with Gasteiger partial charge in [0.25, 0.3) is 5.91 Å². The number of carbonyl (C=O) groups excluding carboxylic acids is 1. The summed E-state index contributed by atoms with van der Waals surface area (Å²) < 4.78 is 11.4. The molecule has 0 atom stereocenters. The molecule has 1 aliphatic heterocycles. The fourth-order valence-electron chi connectivity index (χ4n) is 1.89. The molecule has 1 aromatic carbocycles. The number of rotatable bonds is 2. The van der Waals surface area contributed by atoms with Crippen LogP contribution in [0.2, 0.25) is 0 Å². The predicted octanol–water partition coefficient (Wildman–Crippen LogP) is 2.85. The first-order valence-corrected chi connectivity index (χ1v) is 6.74. The zero-order chi connectivity index (χ0) is 14.1. The number of hydrogen-bond acceptors (Lipinski definition) is 4. The van der Waals surface area contributed by atoms with Gasteiger partial charge in [-0.1, -0.05) is 0 Å². The molecule has 0 N–H and O–H groups in total. The van der Waals surface area contributed by atoms with Crippen molar-refractivity contribution in [1.82, 2.24) is 4.98 Å². The van der Waals surface area contributed by atoms with Gasteiger partial charge in [0.05, 0.1) is 0 Å². The minimum Gasteiger partial charge on any atom is -0.454 e. The van der Waals surface area contributed by atoms with Crippen molar-refractivity contribution >= 4 is 27.5 Å². The lowest BCUT2D eigenvalue weighted by Crippen LogP contribution is -2.26. The van der Waals surface area contributed by atoms with Crippen LogP contribution in [0.3, 0.4) is 0 Å². The average Bonchev–Trinajstić information content (AvgIpc) is 2.94. The van der Waals surface area contributed by atoms with E-state index in [-0.39, 0.29) is 12.7 Å². The molecule has 0 saturated carbocycles. The van der Waals surface area contributed by atoms with Crippen molar-refractivity contribution in [2.75, 3.05) is 18.7 Å². The average molecular weight is 335 g/mol. The first-order valence-electron chi connectivity index (χ1n) is 5.94. The van der Waals surface area contributed by atoms with Gasteiger partial charge in [0.1, 0.15) is 5.69 Å². The Balaban J connectivity index is 1.86. The van der Waals surface area contributed by atoms with Gasteiger partial charge in [0.2, 0.25) is 6.79 Å². The minimum atomic E-state index is -0.184. The van der Waals surface area contributed by atoms with Crippen molar-refractivity contribution in [3.63, 3.8) is 0 Å². The number of halogens is 1. The van der Waals surface area contributed by atoms with Crippen molar-refractivity contribution in [2.45, 2.75) is 0 Å². The number of pyridine rings is 1. The van der Waals surface area contributed by atoms with Gasteiger partial charge < -0.3 is 14.4 Å². The first kappa shape index (κ1) is 12.9. The van der Waals surface area contributed by atoms with Crippen molar-refractivity contribution in [3.05, 3.63) is 46.7 Å². The topological polar surface area (TPSA) is 51.7 Å². The molecule has 1 aliphatic rings. The Morgan fingerprint density at radius 2 is 2.05 bits per heavy atom. The third kappa shape index (κ3) is 2.34. The molecule has 0 spiro atoms. The molecule has 0 radical (unpaired) electrons. The molecule has 6 heteroatoms. The number of ether oxygens (including phenoxy) is 2. The zero-order valence-electron chi connectivity index (χ0n) is 10.7. The maximum Gasteiger partial charge on any atom is 0.276 e. The molecule has 0 bridgehead atoms. The number of nitrogens with zero attached hydrogens (tertiary/aromatic N) is 2. The van der Waals surface area contributed by atoms with Gasteiger partial charge in [-0.05, 0) is 40.2 Å². The summed E-state index contributed by atoms with van der Waals surface area (Å²) in [4.78, 5) is 18.0. The van der Waals surface area contributed by atoms with Crippen LogP contribution < -0.4 is 14.4 Å². The van der Waals surface area contributed by atoms with Crippen LogP contribution >= 0.6 is 15.9 Å². The lowest BCUT2D eigenvalue weighted by molar-refractivity contribution is 0.0988. The number of fused-ring (bicyclic) bond motifs is 1. The summed E-state index contributed by atoms with van der Waals surface area (Å²) in [5.74, 6) is 1.15. The normalized spacial score (nSPS) is 12.3. The maximum absolute atomic E-state index is 12.3. The van der Waals surface area contributed by atoms with Crippen LogP contribution in [0.5, 0.6) is 11.5 Å². The number of aromatic nitrogens is 1. The van der Waals surface area contributed by atoms with Gasteiger partial charge in [-0.15, -0.1) is 0 Å². The van der Waals surface area contributed by atoms with Crippen LogP contribution in [0, 0.1) is 0 Å². The molecular weight excluding hydrogens is 324 g/mol. The molecular formula is C14H11BrN2O3. The molecule has 2 aromatic rings. The Hall–Kier alpha value is -2.08. The van der Waals surface area contributed by atoms with Crippen molar-refractivity contribution in [1.29, 1.82) is 0 Å². The van der Waals surface area contributed by atoms with E-state index in [9.17, 15) is 4.79 Å². The van der Waals surface area contributed by atoms with Crippen LogP contribution in [0.25, 0.3) is 0 Å². The molecule has 0 fully saturated rings. The van der Waals surface area contributed by atoms with E-state index in [1.165, 1.54) is 4.90 Å². The highest BCUT2D eigenvalue weighted by molar-refractivity contribution is 9.10. The molecule has 20 heavy (non-hydrogen) atoms. The van der Waals surface area contributed by atoms with E-state index in [4.69, 9.17) is 9.47 Å². The number of amides is 1. The molecule has 1 amide bonds. The Morgan fingerprint density at radius 3 is 2.80 bits per heavy atom. The quantitative estimate of drug-likeness (QED) is 0.847. The van der Waals surface area contributed by atoms with E-state index in [0.29, 0.717) is 17.2 Å². The summed E-state index contributed by atoms with van der Waals surface area (Å²) in [6.07, 6.45) is 1.60. The number of anilines is 1. The van der Waals surface area contributed by atoms with Crippen molar-refractivity contribution in [2.24, 2.45) is 0 Å². The predicted molar refractivity (Wildman–Crippen MR) is 77.2 cm³/mol. The fraction of sp³-hybridized carbons (Fsp3) is 0.143. The fourth-order valence-corrected chi connectivity index (χ4v) is 2.12. The third-order valence-corrected chi connectivity index (χ3v) is 3.46. The van der Waals surface area contributed by atoms with Gasteiger partial charge >= 0.3 is 0 Å². The summed E-state index contributed by atoms with van der Waals surface area (Å²) in [7, 11) is 1.70. The third-order valence-electron chi connectivity index (χ3n) is 2.99. The highest BCUT2D eigenvalue weighted by Gasteiger charge is 2.19. The van der Waals surface area contributed by atoms with Gasteiger partial charge in [0, 0.05) is 29.5 Å². The summed E-state index contributed by atoms with van der Waals surface area (Å²) in [5.41, 5.74) is 1.11. The maximum atomic E-state index is 12.3. The molecule has 5 nitrogen and oxygen atoms in total. The molecule has 0 unspecified atom stereocenters. The Morgan fingerprint density at radius 1 is 1.25 bits per heavy atom. The van der Waals surface area contributed by atoms with Crippen LogP contribution in [-0.4, -0.2) is 24.7 Å². The van der Waals surface area contributed by atoms with E-state index >= 15 is 0 Å². The first-order chi connectivity index (χ1) is 9.65. The molecule has 0 aliphatic carbocycles. The van der Waals surface area contributed by atoms with Crippen LogP contribution in [0.1, 0.15) is 10.5 Å². The van der Waals surface area contributed by atoms with Crippen molar-refractivity contribution in [3.8, 4) is 11.5 Å². The summed E-state index contributed by atoms with van der Waals surface area (Å²) in [6.45, 7) is 0.213. The highest BCUT2D eigenvalue weighted by Crippen LogP contribution is 2.35. The molecule has 2 heterocycles. The smallest absolute Gasteiger partial charge is 0.276 e. The summed E-state index contributed by atoms with van der Waals surface area (Å²) in [6, 6.07) is 8.84. The molecule has 3 rings (SSSR count). The van der Waals surface area contributed by atoms with Crippen molar-refractivity contribution < 1.29 is 14.3 Å². The van der Waals surface area contributed by atoms with E-state index in [1.807, 2.05) is 6.07 Å². The van der Waals surface area contributed by atoms with E-state index in [2.05, 4.69) is 20.9 Å². The van der Waals surface area contributed by atoms with E-state index < -0.39 is 0 Å². The largest absolute Gasteiger partial charge is 0.454 e. The minimum absolute atomic E-state index is 0.184. The summed E-state index contributed by atoms with van der Waals surface area (Å²) in [5, 5.41) is 0. The van der Waals surface area contributed by atoms with Crippen LogP contribution in [-0.2, 0) is 0 Å². The van der Waals surface area contributed by atoms with E-state index in [0.717, 1.165) is 10.2 Å². The second-order valence-electron chi connectivity index (χ2n) is 4.26. The SMILES string of the molecule is CN(C(=O)c1ccc(Br)cn1)c1ccc2c(c1)OCO2. The molecule has 1 aromatic heterocycles. The number of hydrogen-bond donors (Lipinski definition) is 0. The lowest BCUT2D eigenvalue weighted by atomic mass is 10.2. The molecule has 0 saturated heterocycles. The van der Waals surface area contributed by atoms with Gasteiger partial charge in [-0.25, -0.2) is 4.98 Å². The lowest BCUT2D eigenvalue weighted by Gasteiger charge is -2.17. The number of benzene rings is 1. The standard InChI is InChI=1S/C14H11BrN2O3/c1-17(14(18)11-4-2-9(15)7-16-11)10-3-5-12-13(6-10)20-8-19-12/h2-7H,8H2,1H3. The number of carbonyl (C=O) groups is 1. The van der Waals surface area contributed by atoms with Gasteiger partial charge in [-0.3, -0.25) is 4.79 Å². The van der Waals surface area contributed by atoms with Crippen LogP contribution in [0.15, 0.2) is 41.0 Å². The Kier molecular flexibility index (Phi) is 3.31. The monoisotopic (exact) mass is 334 g/mol. The highest BCUT2D eigenvalue weighted by atomic mass is 79.9. The van der Waals surface area contributed by atoms with E-state index in [1.54, 1.807) is 37.5 Å². The Bertz CT molecular complexity index is 658. The molecule has 102 valence electrons.